The zero-order valence-corrected chi connectivity index (χ0v) is 14.6. The van der Waals surface area contributed by atoms with Crippen LogP contribution >= 0.6 is 11.6 Å². The first-order valence-corrected chi connectivity index (χ1v) is 8.81. The maximum Gasteiger partial charge on any atom is 0.328 e. The first kappa shape index (κ1) is 17.5. The summed E-state index contributed by atoms with van der Waals surface area (Å²) in [6.45, 7) is 1.30. The van der Waals surface area contributed by atoms with Crippen LogP contribution < -0.4 is 11.2 Å². The highest BCUT2D eigenvalue weighted by Gasteiger charge is 2.22. The smallest absolute Gasteiger partial charge is 0.328 e. The topological polar surface area (TPSA) is 75.2 Å². The summed E-state index contributed by atoms with van der Waals surface area (Å²) in [6, 6.07) is 7.00. The molecule has 0 bridgehead atoms. The van der Waals surface area contributed by atoms with Gasteiger partial charge in [0.05, 0.1) is 6.54 Å². The van der Waals surface area contributed by atoms with E-state index in [4.69, 9.17) is 11.6 Å². The molecule has 1 amide bonds. The fourth-order valence-corrected chi connectivity index (χ4v) is 3.24. The Hall–Kier alpha value is -2.34. The molecule has 6 nitrogen and oxygen atoms in total. The van der Waals surface area contributed by atoms with Gasteiger partial charge in [-0.05, 0) is 24.5 Å². The Labute approximate surface area is 150 Å². The Balaban J connectivity index is 1.94. The van der Waals surface area contributed by atoms with E-state index in [-0.39, 0.29) is 18.0 Å². The highest BCUT2D eigenvalue weighted by Crippen LogP contribution is 2.15. The number of H-pyrrole nitrogens is 1. The first-order valence-electron chi connectivity index (χ1n) is 8.43. The number of amides is 1. The number of carbonyl (C=O) groups excluding carboxylic acids is 1. The molecule has 1 aliphatic heterocycles. The van der Waals surface area contributed by atoms with Crippen molar-refractivity contribution in [3.05, 3.63) is 67.4 Å². The Kier molecular flexibility index (Phi) is 5.38. The largest absolute Gasteiger partial charge is 0.338 e. The van der Waals surface area contributed by atoms with Crippen LogP contribution in [0.5, 0.6) is 0 Å². The molecule has 1 aromatic heterocycles. The molecule has 1 aromatic carbocycles. The van der Waals surface area contributed by atoms with Crippen LogP contribution in [-0.4, -0.2) is 33.4 Å². The number of aromatic nitrogens is 2. The summed E-state index contributed by atoms with van der Waals surface area (Å²) in [4.78, 5) is 41.7. The number of hydrogen-bond donors (Lipinski definition) is 1. The molecule has 0 unspecified atom stereocenters. The lowest BCUT2D eigenvalue weighted by atomic mass is 10.2. The van der Waals surface area contributed by atoms with Crippen molar-refractivity contribution in [3.8, 4) is 0 Å². The van der Waals surface area contributed by atoms with E-state index >= 15 is 0 Å². The van der Waals surface area contributed by atoms with Gasteiger partial charge >= 0.3 is 5.69 Å². The molecule has 0 atom stereocenters. The third-order valence-corrected chi connectivity index (χ3v) is 4.84. The zero-order chi connectivity index (χ0) is 17.8. The summed E-state index contributed by atoms with van der Waals surface area (Å²) in [5.74, 6) is -0.323. The number of nitrogens with one attached hydrogen (secondary N) is 1. The average molecular weight is 362 g/mol. The number of aromatic amines is 1. The number of carbonyl (C=O) groups is 1. The van der Waals surface area contributed by atoms with Gasteiger partial charge in [-0.15, -0.1) is 0 Å². The minimum atomic E-state index is -0.585. The van der Waals surface area contributed by atoms with Crippen molar-refractivity contribution >= 4 is 17.5 Å². The lowest BCUT2D eigenvalue weighted by Crippen LogP contribution is -2.42. The third kappa shape index (κ3) is 3.85. The monoisotopic (exact) mass is 361 g/mol. The molecule has 0 spiro atoms. The Morgan fingerprint density at radius 1 is 1.08 bits per heavy atom. The number of likely N-dealkylation sites (tertiary alicyclic amines) is 1. The van der Waals surface area contributed by atoms with Gasteiger partial charge in [-0.1, -0.05) is 42.6 Å². The molecule has 1 N–H and O–H groups in total. The second-order valence-corrected chi connectivity index (χ2v) is 6.60. The van der Waals surface area contributed by atoms with E-state index < -0.39 is 11.2 Å². The second kappa shape index (κ2) is 7.70. The van der Waals surface area contributed by atoms with Gasteiger partial charge in [0.25, 0.3) is 11.5 Å². The molecule has 0 saturated carbocycles. The summed E-state index contributed by atoms with van der Waals surface area (Å²) in [7, 11) is 0. The standard InChI is InChI=1S/C18H20ClN3O3/c19-15-8-4-3-7-13(15)12-22-17(24)14(11-20-18(22)25)16(23)21-9-5-1-2-6-10-21/h3-4,7-8,11H,1-2,5-6,9-10,12H2,(H,20,25). The molecular weight excluding hydrogens is 342 g/mol. The van der Waals surface area contributed by atoms with Gasteiger partial charge in [0.15, 0.2) is 0 Å². The first-order chi connectivity index (χ1) is 12.1. The van der Waals surface area contributed by atoms with Crippen LogP contribution in [-0.2, 0) is 6.54 Å². The molecule has 132 valence electrons. The van der Waals surface area contributed by atoms with E-state index in [0.29, 0.717) is 23.7 Å². The van der Waals surface area contributed by atoms with Crippen molar-refractivity contribution in [3.63, 3.8) is 0 Å². The summed E-state index contributed by atoms with van der Waals surface area (Å²) in [6.07, 6.45) is 5.27. The normalized spacial score (nSPS) is 15.0. The van der Waals surface area contributed by atoms with Crippen LogP contribution in [0.15, 0.2) is 40.1 Å². The van der Waals surface area contributed by atoms with Gasteiger partial charge < -0.3 is 9.88 Å². The predicted octanol–water partition coefficient (Wildman–Crippen LogP) is 2.25. The highest BCUT2D eigenvalue weighted by molar-refractivity contribution is 6.31. The van der Waals surface area contributed by atoms with Crippen LogP contribution in [0.3, 0.4) is 0 Å². The van der Waals surface area contributed by atoms with Crippen molar-refractivity contribution in [2.45, 2.75) is 32.2 Å². The van der Waals surface area contributed by atoms with Crippen LogP contribution in [0, 0.1) is 0 Å². The van der Waals surface area contributed by atoms with E-state index in [9.17, 15) is 14.4 Å². The summed E-state index contributed by atoms with van der Waals surface area (Å²) in [5.41, 5.74) is -0.500. The molecule has 2 heterocycles. The van der Waals surface area contributed by atoms with Crippen LogP contribution in [0.4, 0.5) is 0 Å². The quantitative estimate of drug-likeness (QED) is 0.911. The van der Waals surface area contributed by atoms with Crippen LogP contribution in [0.1, 0.15) is 41.6 Å². The predicted molar refractivity (Wildman–Crippen MR) is 96.2 cm³/mol. The van der Waals surface area contributed by atoms with E-state index in [2.05, 4.69) is 4.98 Å². The Bertz CT molecular complexity index is 880. The van der Waals surface area contributed by atoms with Crippen molar-refractivity contribution in [1.29, 1.82) is 0 Å². The van der Waals surface area contributed by atoms with Crippen molar-refractivity contribution in [2.24, 2.45) is 0 Å². The van der Waals surface area contributed by atoms with Gasteiger partial charge in [0.2, 0.25) is 0 Å². The van der Waals surface area contributed by atoms with Gasteiger partial charge in [-0.25, -0.2) is 4.79 Å². The van der Waals surface area contributed by atoms with Gasteiger partial charge in [0.1, 0.15) is 5.56 Å². The molecular formula is C18H20ClN3O3. The summed E-state index contributed by atoms with van der Waals surface area (Å²) < 4.78 is 1.02. The lowest BCUT2D eigenvalue weighted by Gasteiger charge is -2.20. The van der Waals surface area contributed by atoms with E-state index in [1.165, 1.54) is 6.20 Å². The molecule has 1 aliphatic rings. The van der Waals surface area contributed by atoms with Crippen molar-refractivity contribution < 1.29 is 4.79 Å². The molecule has 3 rings (SSSR count). The fraction of sp³-hybridized carbons (Fsp3) is 0.389. The summed E-state index contributed by atoms with van der Waals surface area (Å²) >= 11 is 6.12. The Morgan fingerprint density at radius 3 is 2.44 bits per heavy atom. The molecule has 1 fully saturated rings. The zero-order valence-electron chi connectivity index (χ0n) is 13.8. The molecule has 2 aromatic rings. The molecule has 0 radical (unpaired) electrons. The Morgan fingerprint density at radius 2 is 1.76 bits per heavy atom. The highest BCUT2D eigenvalue weighted by atomic mass is 35.5. The number of nitrogens with zero attached hydrogens (tertiary/aromatic N) is 2. The summed E-state index contributed by atoms with van der Waals surface area (Å²) in [5, 5.41) is 0.470. The number of halogens is 1. The van der Waals surface area contributed by atoms with Crippen LogP contribution in [0.2, 0.25) is 5.02 Å². The lowest BCUT2D eigenvalue weighted by molar-refractivity contribution is 0.0758. The molecule has 25 heavy (non-hydrogen) atoms. The van der Waals surface area contributed by atoms with Gasteiger partial charge in [0, 0.05) is 24.3 Å². The maximum atomic E-state index is 12.7. The van der Waals surface area contributed by atoms with Gasteiger partial charge in [-0.3, -0.25) is 14.2 Å². The number of rotatable bonds is 3. The minimum absolute atomic E-state index is 0.00597. The average Bonchev–Trinajstić information content (AvgIpc) is 2.89. The third-order valence-electron chi connectivity index (χ3n) is 4.47. The number of benzene rings is 1. The van der Waals surface area contributed by atoms with E-state index in [1.807, 2.05) is 0 Å². The van der Waals surface area contributed by atoms with E-state index in [1.54, 1.807) is 29.2 Å². The second-order valence-electron chi connectivity index (χ2n) is 6.20. The molecule has 7 heteroatoms. The van der Waals surface area contributed by atoms with Gasteiger partial charge in [-0.2, -0.15) is 0 Å². The maximum absolute atomic E-state index is 12.7. The van der Waals surface area contributed by atoms with Crippen molar-refractivity contribution in [1.82, 2.24) is 14.5 Å². The number of hydrogen-bond acceptors (Lipinski definition) is 3. The van der Waals surface area contributed by atoms with E-state index in [0.717, 1.165) is 30.3 Å². The molecule has 1 saturated heterocycles. The van der Waals surface area contributed by atoms with Crippen molar-refractivity contribution in [2.75, 3.05) is 13.1 Å². The SMILES string of the molecule is O=C(c1c[nH]c(=O)n(Cc2ccccc2Cl)c1=O)N1CCCCCC1. The molecule has 0 aliphatic carbocycles. The van der Waals surface area contributed by atoms with Crippen LogP contribution in [0.25, 0.3) is 0 Å². The fourth-order valence-electron chi connectivity index (χ4n) is 3.05. The minimum Gasteiger partial charge on any atom is -0.338 e.